The molecule has 6 heteroatoms. The molecule has 13 heavy (non-hydrogen) atoms. The van der Waals surface area contributed by atoms with Crippen molar-refractivity contribution in [2.45, 2.75) is 25.6 Å². The van der Waals surface area contributed by atoms with Crippen molar-refractivity contribution in [1.29, 1.82) is 0 Å². The van der Waals surface area contributed by atoms with E-state index in [1.165, 1.54) is 0 Å². The summed E-state index contributed by atoms with van der Waals surface area (Å²) >= 11 is 0. The molecule has 0 amide bonds. The maximum Gasteiger partial charge on any atom is 1.00 e. The minimum atomic E-state index is -4.57. The van der Waals surface area contributed by atoms with E-state index in [2.05, 4.69) is 0 Å². The van der Waals surface area contributed by atoms with E-state index in [-0.39, 0.29) is 57.3 Å². The molecule has 0 spiro atoms. The van der Waals surface area contributed by atoms with Crippen LogP contribution in [0.15, 0.2) is 0 Å². The van der Waals surface area contributed by atoms with Gasteiger partial charge < -0.3 is 17.7 Å². The third-order valence-electron chi connectivity index (χ3n) is 2.24. The largest absolute Gasteiger partial charge is 1.00 e. The Morgan fingerprint density at radius 1 is 1.15 bits per heavy atom. The Morgan fingerprint density at radius 2 is 1.69 bits per heavy atom. The molecule has 0 aromatic heterocycles. The van der Waals surface area contributed by atoms with Gasteiger partial charge in [-0.05, 0) is 18.8 Å². The van der Waals surface area contributed by atoms with Crippen molar-refractivity contribution in [2.75, 3.05) is 13.2 Å². The molecular weight excluding hydrogens is 207 g/mol. The van der Waals surface area contributed by atoms with E-state index in [1.807, 2.05) is 0 Å². The first-order chi connectivity index (χ1) is 5.58. The standard InChI is InChI=1S/C7H13BF3O.K/c9-8(10,11)4-1-7-2-5-12-6-3-7;/h7H,1-6H2;/q-1;+1. The smallest absolute Gasteiger partial charge is 0.449 e. The van der Waals surface area contributed by atoms with Crippen molar-refractivity contribution in [3.05, 3.63) is 0 Å². The SMILES string of the molecule is F[B-](F)(F)CCC1CCOCC1.[K+]. The van der Waals surface area contributed by atoms with Crippen LogP contribution in [-0.2, 0) is 4.74 Å². The first-order valence-corrected chi connectivity index (χ1v) is 4.36. The summed E-state index contributed by atoms with van der Waals surface area (Å²) in [5.41, 5.74) is 0. The van der Waals surface area contributed by atoms with Crippen LogP contribution in [-0.4, -0.2) is 20.2 Å². The van der Waals surface area contributed by atoms with Crippen molar-refractivity contribution in [1.82, 2.24) is 0 Å². The summed E-state index contributed by atoms with van der Waals surface area (Å²) in [6, 6.07) is 0. The predicted octanol–water partition coefficient (Wildman–Crippen LogP) is -0.346. The Labute approximate surface area is 119 Å². The minimum absolute atomic E-state index is 0. The van der Waals surface area contributed by atoms with E-state index in [4.69, 9.17) is 4.74 Å². The average Bonchev–Trinajstić information content (AvgIpc) is 2.02. The molecule has 0 aromatic carbocycles. The van der Waals surface area contributed by atoms with E-state index in [9.17, 15) is 12.9 Å². The zero-order valence-electron chi connectivity index (χ0n) is 7.94. The quantitative estimate of drug-likeness (QED) is 0.591. The van der Waals surface area contributed by atoms with E-state index in [1.54, 1.807) is 0 Å². The van der Waals surface area contributed by atoms with Gasteiger partial charge in [0.05, 0.1) is 0 Å². The van der Waals surface area contributed by atoms with Gasteiger partial charge in [0.1, 0.15) is 0 Å². The molecule has 0 aromatic rings. The van der Waals surface area contributed by atoms with Gasteiger partial charge in [0.25, 0.3) is 0 Å². The summed E-state index contributed by atoms with van der Waals surface area (Å²) in [6.07, 6.45) is 1.32. The van der Waals surface area contributed by atoms with Gasteiger partial charge in [0.15, 0.2) is 0 Å². The van der Waals surface area contributed by atoms with Crippen LogP contribution in [0.5, 0.6) is 0 Å². The van der Waals surface area contributed by atoms with Gasteiger partial charge in [-0.1, -0.05) is 12.7 Å². The minimum Gasteiger partial charge on any atom is -0.449 e. The van der Waals surface area contributed by atoms with Crippen LogP contribution in [0.1, 0.15) is 19.3 Å². The van der Waals surface area contributed by atoms with Crippen molar-refractivity contribution in [2.24, 2.45) is 5.92 Å². The predicted molar refractivity (Wildman–Crippen MR) is 42.0 cm³/mol. The summed E-state index contributed by atoms with van der Waals surface area (Å²) in [7, 11) is 0. The second-order valence-corrected chi connectivity index (χ2v) is 3.34. The third-order valence-corrected chi connectivity index (χ3v) is 2.24. The molecule has 1 saturated heterocycles. The van der Waals surface area contributed by atoms with E-state index < -0.39 is 13.3 Å². The van der Waals surface area contributed by atoms with Gasteiger partial charge in [0.2, 0.25) is 0 Å². The zero-order valence-corrected chi connectivity index (χ0v) is 11.1. The number of rotatable bonds is 3. The monoisotopic (exact) mass is 220 g/mol. The van der Waals surface area contributed by atoms with E-state index >= 15 is 0 Å². The molecule has 0 aliphatic carbocycles. The maximum atomic E-state index is 11.8. The molecule has 1 rings (SSSR count). The van der Waals surface area contributed by atoms with Crippen LogP contribution >= 0.6 is 0 Å². The van der Waals surface area contributed by atoms with Crippen molar-refractivity contribution < 1.29 is 69.1 Å². The normalized spacial score (nSPS) is 19.6. The van der Waals surface area contributed by atoms with E-state index in [0.717, 1.165) is 12.8 Å². The molecule has 0 bridgehead atoms. The van der Waals surface area contributed by atoms with Crippen molar-refractivity contribution >= 4 is 6.98 Å². The summed E-state index contributed by atoms with van der Waals surface area (Å²) < 4.78 is 40.6. The molecule has 0 N–H and O–H groups in total. The first-order valence-electron chi connectivity index (χ1n) is 4.36. The van der Waals surface area contributed by atoms with Gasteiger partial charge in [-0.2, -0.15) is 0 Å². The third kappa shape index (κ3) is 7.39. The Kier molecular flexibility index (Phi) is 7.61. The molecular formula is C7H13BF3KO. The summed E-state index contributed by atoms with van der Waals surface area (Å²) in [5.74, 6) is 0.238. The van der Waals surface area contributed by atoms with Crippen LogP contribution in [0.3, 0.4) is 0 Å². The van der Waals surface area contributed by atoms with E-state index in [0.29, 0.717) is 19.6 Å². The second-order valence-electron chi connectivity index (χ2n) is 3.34. The second kappa shape index (κ2) is 6.85. The molecule has 0 saturated carbocycles. The molecule has 1 aliphatic rings. The Bertz CT molecular complexity index is 136. The molecule has 1 aliphatic heterocycles. The van der Waals surface area contributed by atoms with Gasteiger partial charge in [0, 0.05) is 13.2 Å². The van der Waals surface area contributed by atoms with Gasteiger partial charge in [-0.15, -0.1) is 0 Å². The van der Waals surface area contributed by atoms with Crippen LogP contribution in [0.25, 0.3) is 0 Å². The fourth-order valence-electron chi connectivity index (χ4n) is 1.46. The topological polar surface area (TPSA) is 9.23 Å². The fourth-order valence-corrected chi connectivity index (χ4v) is 1.46. The van der Waals surface area contributed by atoms with Crippen LogP contribution < -0.4 is 51.4 Å². The van der Waals surface area contributed by atoms with Crippen LogP contribution in [0.2, 0.25) is 6.32 Å². The molecule has 1 fully saturated rings. The molecule has 1 heterocycles. The van der Waals surface area contributed by atoms with Crippen LogP contribution in [0, 0.1) is 5.92 Å². The summed E-state index contributed by atoms with van der Waals surface area (Å²) in [5, 5.41) is 0. The Morgan fingerprint density at radius 3 is 2.15 bits per heavy atom. The zero-order chi connectivity index (χ0) is 9.03. The van der Waals surface area contributed by atoms with Crippen molar-refractivity contribution in [3.63, 3.8) is 0 Å². The van der Waals surface area contributed by atoms with Gasteiger partial charge in [-0.3, -0.25) is 0 Å². The van der Waals surface area contributed by atoms with Crippen molar-refractivity contribution in [3.8, 4) is 0 Å². The Hall–Kier alpha value is 1.45. The van der Waals surface area contributed by atoms with Gasteiger partial charge >= 0.3 is 58.4 Å². The number of hydrogen-bond donors (Lipinski definition) is 0. The number of hydrogen-bond acceptors (Lipinski definition) is 1. The first kappa shape index (κ1) is 14.5. The maximum absolute atomic E-state index is 11.8. The summed E-state index contributed by atoms with van der Waals surface area (Å²) in [6.45, 7) is -3.30. The Balaban J connectivity index is 0.00000144. The molecule has 1 nitrogen and oxygen atoms in total. The fraction of sp³-hybridized carbons (Fsp3) is 1.00. The molecule has 0 radical (unpaired) electrons. The molecule has 72 valence electrons. The summed E-state index contributed by atoms with van der Waals surface area (Å²) in [4.78, 5) is 0. The number of ether oxygens (including phenoxy) is 1. The molecule has 0 unspecified atom stereocenters. The number of halogens is 3. The molecule has 0 atom stereocenters. The van der Waals surface area contributed by atoms with Gasteiger partial charge in [-0.25, -0.2) is 0 Å². The van der Waals surface area contributed by atoms with Crippen LogP contribution in [0.4, 0.5) is 12.9 Å². The average molecular weight is 220 g/mol.